The number of halogens is 1. The van der Waals surface area contributed by atoms with Crippen LogP contribution in [0.1, 0.15) is 75.0 Å². The summed E-state index contributed by atoms with van der Waals surface area (Å²) >= 11 is 0. The average Bonchev–Trinajstić information content (AvgIpc) is 3.14. The van der Waals surface area contributed by atoms with Gasteiger partial charge in [-0.25, -0.2) is 4.39 Å². The van der Waals surface area contributed by atoms with Gasteiger partial charge in [0.25, 0.3) is 0 Å². The standard InChI is InChI=1S/C30H38FN3O4/c1-29(2,32)28(38)33-25(10-6-9-20-7-4-3-5-8-20)27(37)34-15-13-30(14-16-34)19-21(17-26(35)36)23-12-11-22(31)18-24(23)30/h3-5,7-8,11-12,18,21,25H,6,9-10,13-17,19,32H2,1-2H3,(H,33,38)(H,35,36)/t21-,25?/m0/s1. The lowest BCUT2D eigenvalue weighted by Crippen LogP contribution is -2.57. The molecule has 0 radical (unpaired) electrons. The van der Waals surface area contributed by atoms with E-state index in [0.29, 0.717) is 38.8 Å². The van der Waals surface area contributed by atoms with E-state index in [4.69, 9.17) is 5.73 Å². The molecule has 1 spiro atoms. The molecule has 1 heterocycles. The number of carbonyl (C=O) groups is 3. The van der Waals surface area contributed by atoms with Crippen molar-refractivity contribution in [2.24, 2.45) is 5.73 Å². The normalized spacial score (nSPS) is 19.2. The molecule has 4 rings (SSSR count). The highest BCUT2D eigenvalue weighted by Crippen LogP contribution is 2.53. The maximum atomic E-state index is 14.2. The van der Waals surface area contributed by atoms with Crippen LogP contribution in [0.2, 0.25) is 0 Å². The highest BCUT2D eigenvalue weighted by Gasteiger charge is 2.47. The predicted molar refractivity (Wildman–Crippen MR) is 143 cm³/mol. The van der Waals surface area contributed by atoms with E-state index in [1.165, 1.54) is 11.6 Å². The number of piperidine rings is 1. The Balaban J connectivity index is 1.46. The minimum Gasteiger partial charge on any atom is -0.481 e. The van der Waals surface area contributed by atoms with Crippen LogP contribution in [0.25, 0.3) is 0 Å². The van der Waals surface area contributed by atoms with Gasteiger partial charge in [-0.3, -0.25) is 14.4 Å². The summed E-state index contributed by atoms with van der Waals surface area (Å²) in [4.78, 5) is 39.6. The zero-order valence-corrected chi connectivity index (χ0v) is 22.2. The van der Waals surface area contributed by atoms with Crippen molar-refractivity contribution in [3.05, 3.63) is 71.0 Å². The fraction of sp³-hybridized carbons (Fsp3) is 0.500. The van der Waals surface area contributed by atoms with Gasteiger partial charge in [-0.05, 0) is 92.5 Å². The number of aryl methyl sites for hydroxylation is 1. The molecule has 4 N–H and O–H groups in total. The zero-order valence-electron chi connectivity index (χ0n) is 22.2. The number of benzene rings is 2. The number of rotatable bonds is 9. The van der Waals surface area contributed by atoms with E-state index in [1.54, 1.807) is 30.9 Å². The van der Waals surface area contributed by atoms with Gasteiger partial charge in [-0.15, -0.1) is 0 Å². The van der Waals surface area contributed by atoms with Crippen molar-refractivity contribution in [1.82, 2.24) is 10.2 Å². The summed E-state index contributed by atoms with van der Waals surface area (Å²) in [6.07, 6.45) is 3.91. The fourth-order valence-electron chi connectivity index (χ4n) is 6.03. The Bertz CT molecular complexity index is 1170. The van der Waals surface area contributed by atoms with Crippen LogP contribution in [-0.2, 0) is 26.2 Å². The second-order valence-corrected chi connectivity index (χ2v) is 11.5. The number of aliphatic carboxylic acids is 1. The lowest BCUT2D eigenvalue weighted by atomic mass is 9.73. The van der Waals surface area contributed by atoms with Crippen molar-refractivity contribution in [1.29, 1.82) is 0 Å². The fourth-order valence-corrected chi connectivity index (χ4v) is 6.03. The van der Waals surface area contributed by atoms with E-state index in [0.717, 1.165) is 24.0 Å². The molecule has 2 amide bonds. The van der Waals surface area contributed by atoms with Crippen LogP contribution in [0.5, 0.6) is 0 Å². The number of hydrogen-bond donors (Lipinski definition) is 3. The van der Waals surface area contributed by atoms with Gasteiger partial charge in [0.2, 0.25) is 11.8 Å². The van der Waals surface area contributed by atoms with Crippen LogP contribution in [0, 0.1) is 5.82 Å². The molecule has 0 bridgehead atoms. The number of fused-ring (bicyclic) bond motifs is 2. The Morgan fingerprint density at radius 2 is 1.84 bits per heavy atom. The SMILES string of the molecule is CC(C)(N)C(=O)NC(CCCc1ccccc1)C(=O)N1CCC2(CC1)C[C@H](CC(=O)O)c1ccc(F)cc12. The summed E-state index contributed by atoms with van der Waals surface area (Å²) in [5.41, 5.74) is 7.50. The van der Waals surface area contributed by atoms with Crippen molar-refractivity contribution in [3.8, 4) is 0 Å². The first-order valence-corrected chi connectivity index (χ1v) is 13.4. The van der Waals surface area contributed by atoms with Crippen molar-refractivity contribution < 1.29 is 23.9 Å². The molecule has 1 aliphatic heterocycles. The Morgan fingerprint density at radius 1 is 1.16 bits per heavy atom. The van der Waals surface area contributed by atoms with Crippen LogP contribution in [-0.4, -0.2) is 52.5 Å². The summed E-state index contributed by atoms with van der Waals surface area (Å²) in [5, 5.41) is 12.3. The maximum Gasteiger partial charge on any atom is 0.303 e. The largest absolute Gasteiger partial charge is 0.481 e. The third-order valence-electron chi connectivity index (χ3n) is 8.11. The van der Waals surface area contributed by atoms with Gasteiger partial charge in [0.1, 0.15) is 11.9 Å². The van der Waals surface area contributed by atoms with Gasteiger partial charge in [0, 0.05) is 13.1 Å². The van der Waals surface area contributed by atoms with Crippen LogP contribution in [0.4, 0.5) is 4.39 Å². The van der Waals surface area contributed by atoms with Crippen LogP contribution < -0.4 is 11.1 Å². The first-order chi connectivity index (χ1) is 18.0. The molecule has 8 heteroatoms. The number of likely N-dealkylation sites (tertiary alicyclic amines) is 1. The Kier molecular flexibility index (Phi) is 8.21. The van der Waals surface area contributed by atoms with Crippen molar-refractivity contribution in [2.75, 3.05) is 13.1 Å². The molecule has 1 saturated heterocycles. The first kappa shape index (κ1) is 27.8. The quantitative estimate of drug-likeness (QED) is 0.462. The van der Waals surface area contributed by atoms with Gasteiger partial charge in [0.15, 0.2) is 0 Å². The van der Waals surface area contributed by atoms with E-state index in [1.807, 2.05) is 30.3 Å². The molecular formula is C30H38FN3O4. The van der Waals surface area contributed by atoms with Gasteiger partial charge in [-0.2, -0.15) is 0 Å². The molecule has 0 aromatic heterocycles. The number of amides is 2. The van der Waals surface area contributed by atoms with E-state index in [9.17, 15) is 23.9 Å². The van der Waals surface area contributed by atoms with Crippen LogP contribution in [0.3, 0.4) is 0 Å². The molecule has 2 aromatic rings. The molecular weight excluding hydrogens is 485 g/mol. The van der Waals surface area contributed by atoms with E-state index in [2.05, 4.69) is 5.32 Å². The van der Waals surface area contributed by atoms with Gasteiger partial charge < -0.3 is 21.1 Å². The minimum absolute atomic E-state index is 0.00736. The Morgan fingerprint density at radius 3 is 2.47 bits per heavy atom. The van der Waals surface area contributed by atoms with Gasteiger partial charge in [0.05, 0.1) is 12.0 Å². The summed E-state index contributed by atoms with van der Waals surface area (Å²) in [6.45, 7) is 4.16. The molecule has 38 heavy (non-hydrogen) atoms. The Hall–Kier alpha value is -3.26. The van der Waals surface area contributed by atoms with Crippen molar-refractivity contribution in [2.45, 2.75) is 81.7 Å². The first-order valence-electron chi connectivity index (χ1n) is 13.4. The average molecular weight is 524 g/mol. The van der Waals surface area contributed by atoms with E-state index >= 15 is 0 Å². The monoisotopic (exact) mass is 523 g/mol. The number of nitrogens with zero attached hydrogens (tertiary/aromatic N) is 1. The smallest absolute Gasteiger partial charge is 0.303 e. The molecule has 1 aliphatic carbocycles. The number of nitrogens with one attached hydrogen (secondary N) is 1. The highest BCUT2D eigenvalue weighted by atomic mass is 19.1. The zero-order chi connectivity index (χ0) is 27.5. The second kappa shape index (κ2) is 11.2. The third-order valence-corrected chi connectivity index (χ3v) is 8.11. The lowest BCUT2D eigenvalue weighted by molar-refractivity contribution is -0.139. The lowest BCUT2D eigenvalue weighted by Gasteiger charge is -2.41. The van der Waals surface area contributed by atoms with E-state index < -0.39 is 17.6 Å². The molecule has 204 valence electrons. The summed E-state index contributed by atoms with van der Waals surface area (Å²) in [5.74, 6) is -1.87. The second-order valence-electron chi connectivity index (χ2n) is 11.5. The Labute approximate surface area is 223 Å². The molecule has 0 saturated carbocycles. The highest BCUT2D eigenvalue weighted by molar-refractivity contribution is 5.91. The summed E-state index contributed by atoms with van der Waals surface area (Å²) < 4.78 is 14.2. The predicted octanol–water partition coefficient (Wildman–Crippen LogP) is 3.89. The number of hydrogen-bond acceptors (Lipinski definition) is 4. The number of carboxylic acids is 1. The summed E-state index contributed by atoms with van der Waals surface area (Å²) in [6, 6.07) is 14.0. The number of nitrogens with two attached hydrogens (primary N) is 1. The molecule has 2 aliphatic rings. The maximum absolute atomic E-state index is 14.2. The molecule has 7 nitrogen and oxygen atoms in total. The third kappa shape index (κ3) is 6.23. The topological polar surface area (TPSA) is 113 Å². The van der Waals surface area contributed by atoms with Gasteiger partial charge in [-0.1, -0.05) is 36.4 Å². The summed E-state index contributed by atoms with van der Waals surface area (Å²) in [7, 11) is 0. The van der Waals surface area contributed by atoms with Crippen LogP contribution in [0.15, 0.2) is 48.5 Å². The van der Waals surface area contributed by atoms with E-state index in [-0.39, 0.29) is 35.4 Å². The molecule has 1 unspecified atom stereocenters. The molecule has 1 fully saturated rings. The van der Waals surface area contributed by atoms with Crippen molar-refractivity contribution >= 4 is 17.8 Å². The number of carbonyl (C=O) groups excluding carboxylic acids is 2. The molecule has 2 aromatic carbocycles. The van der Waals surface area contributed by atoms with Crippen LogP contribution >= 0.6 is 0 Å². The minimum atomic E-state index is -1.11. The molecule has 2 atom stereocenters. The number of carboxylic acid groups (broad SMARTS) is 1. The van der Waals surface area contributed by atoms with Gasteiger partial charge >= 0.3 is 5.97 Å². The van der Waals surface area contributed by atoms with Crippen molar-refractivity contribution in [3.63, 3.8) is 0 Å².